The number of aromatic nitrogens is 2. The Morgan fingerprint density at radius 3 is 2.89 bits per heavy atom. The van der Waals surface area contributed by atoms with Gasteiger partial charge in [-0.15, -0.1) is 11.3 Å². The van der Waals surface area contributed by atoms with Gasteiger partial charge in [-0.2, -0.15) is 0 Å². The van der Waals surface area contributed by atoms with Gasteiger partial charge in [-0.25, -0.2) is 0 Å². The predicted octanol–water partition coefficient (Wildman–Crippen LogP) is 3.35. The number of nitrogens with zero attached hydrogens (tertiary/aromatic N) is 1. The zero-order chi connectivity index (χ0) is 14.0. The summed E-state index contributed by atoms with van der Waals surface area (Å²) in [7, 11) is 0. The van der Waals surface area contributed by atoms with Crippen molar-refractivity contribution in [3.05, 3.63) is 26.6 Å². The molecule has 1 atom stereocenters. The molecule has 0 amide bonds. The van der Waals surface area contributed by atoms with Crippen LogP contribution >= 0.6 is 23.6 Å². The summed E-state index contributed by atoms with van der Waals surface area (Å²) in [5.74, 6) is 0.274. The molecule has 0 radical (unpaired) electrons. The van der Waals surface area contributed by atoms with E-state index in [4.69, 9.17) is 17.0 Å². The number of hydrogen-bond donors (Lipinski definition) is 1. The van der Waals surface area contributed by atoms with Crippen molar-refractivity contribution in [3.8, 4) is 0 Å². The fraction of sp³-hybridized carbons (Fsp3) is 0.538. The van der Waals surface area contributed by atoms with Crippen molar-refractivity contribution >= 4 is 33.8 Å². The van der Waals surface area contributed by atoms with Crippen molar-refractivity contribution in [2.45, 2.75) is 26.8 Å². The van der Waals surface area contributed by atoms with Gasteiger partial charge < -0.3 is 9.72 Å². The SMILES string of the molecule is CCOCC(C(C)C)n1c(=S)[nH]c2sccc2c1=O. The number of fused-ring (bicyclic) bond motifs is 1. The fourth-order valence-corrected chi connectivity index (χ4v) is 3.22. The van der Waals surface area contributed by atoms with E-state index in [2.05, 4.69) is 18.8 Å². The van der Waals surface area contributed by atoms with E-state index in [9.17, 15) is 4.79 Å². The molecule has 0 aliphatic carbocycles. The molecule has 2 heterocycles. The van der Waals surface area contributed by atoms with Crippen LogP contribution in [0.1, 0.15) is 26.8 Å². The van der Waals surface area contributed by atoms with Crippen molar-refractivity contribution in [3.63, 3.8) is 0 Å². The summed E-state index contributed by atoms with van der Waals surface area (Å²) in [6.45, 7) is 7.23. The Kier molecular flexibility index (Phi) is 4.54. The van der Waals surface area contributed by atoms with Gasteiger partial charge in [0.05, 0.1) is 18.0 Å². The van der Waals surface area contributed by atoms with Crippen LogP contribution in [0.2, 0.25) is 0 Å². The molecule has 6 heteroatoms. The van der Waals surface area contributed by atoms with E-state index in [0.29, 0.717) is 23.4 Å². The lowest BCUT2D eigenvalue weighted by Crippen LogP contribution is -2.32. The molecule has 19 heavy (non-hydrogen) atoms. The topological polar surface area (TPSA) is 47.0 Å². The van der Waals surface area contributed by atoms with E-state index in [0.717, 1.165) is 4.83 Å². The summed E-state index contributed by atoms with van der Waals surface area (Å²) in [6, 6.07) is 1.79. The Hall–Kier alpha value is -0.980. The third-order valence-electron chi connectivity index (χ3n) is 3.15. The van der Waals surface area contributed by atoms with E-state index in [1.165, 1.54) is 11.3 Å². The lowest BCUT2D eigenvalue weighted by molar-refractivity contribution is 0.0943. The van der Waals surface area contributed by atoms with Crippen LogP contribution in [-0.4, -0.2) is 22.8 Å². The monoisotopic (exact) mass is 298 g/mol. The average molecular weight is 298 g/mol. The van der Waals surface area contributed by atoms with E-state index in [1.54, 1.807) is 4.57 Å². The molecule has 1 N–H and O–H groups in total. The Morgan fingerprint density at radius 2 is 2.26 bits per heavy atom. The smallest absolute Gasteiger partial charge is 0.263 e. The molecular weight excluding hydrogens is 280 g/mol. The Balaban J connectivity index is 2.58. The fourth-order valence-electron chi connectivity index (χ4n) is 2.06. The minimum atomic E-state index is -0.0412. The maximum Gasteiger partial charge on any atom is 0.263 e. The van der Waals surface area contributed by atoms with Gasteiger partial charge in [0.15, 0.2) is 4.77 Å². The quantitative estimate of drug-likeness (QED) is 0.861. The maximum absolute atomic E-state index is 12.5. The molecular formula is C13H18N2O2S2. The Labute approximate surface area is 121 Å². The molecule has 0 aliphatic heterocycles. The summed E-state index contributed by atoms with van der Waals surface area (Å²) in [6.07, 6.45) is 0. The van der Waals surface area contributed by atoms with Crippen molar-refractivity contribution < 1.29 is 4.74 Å². The molecule has 2 aromatic heterocycles. The van der Waals surface area contributed by atoms with E-state index in [-0.39, 0.29) is 17.5 Å². The van der Waals surface area contributed by atoms with Gasteiger partial charge in [-0.05, 0) is 36.5 Å². The van der Waals surface area contributed by atoms with Gasteiger partial charge in [0.1, 0.15) is 4.83 Å². The predicted molar refractivity (Wildman–Crippen MR) is 81.6 cm³/mol. The highest BCUT2D eigenvalue weighted by molar-refractivity contribution is 7.71. The molecule has 0 spiro atoms. The second kappa shape index (κ2) is 5.98. The van der Waals surface area contributed by atoms with E-state index < -0.39 is 0 Å². The third kappa shape index (κ3) is 2.80. The molecule has 1 unspecified atom stereocenters. The van der Waals surface area contributed by atoms with Crippen LogP contribution < -0.4 is 5.56 Å². The molecule has 4 nitrogen and oxygen atoms in total. The summed E-state index contributed by atoms with van der Waals surface area (Å²) in [5.41, 5.74) is -0.0293. The number of nitrogens with one attached hydrogen (secondary N) is 1. The lowest BCUT2D eigenvalue weighted by atomic mass is 10.1. The zero-order valence-corrected chi connectivity index (χ0v) is 12.9. The molecule has 0 aromatic carbocycles. The number of hydrogen-bond acceptors (Lipinski definition) is 4. The number of rotatable bonds is 5. The zero-order valence-electron chi connectivity index (χ0n) is 11.3. The first-order valence-electron chi connectivity index (χ1n) is 6.36. The van der Waals surface area contributed by atoms with Crippen molar-refractivity contribution in [2.24, 2.45) is 5.92 Å². The largest absolute Gasteiger partial charge is 0.380 e. The maximum atomic E-state index is 12.5. The first-order valence-corrected chi connectivity index (χ1v) is 7.64. The molecule has 0 fully saturated rings. The van der Waals surface area contributed by atoms with E-state index in [1.807, 2.05) is 18.4 Å². The summed E-state index contributed by atoms with van der Waals surface area (Å²) in [4.78, 5) is 16.5. The molecule has 104 valence electrons. The van der Waals surface area contributed by atoms with Crippen LogP contribution in [0.5, 0.6) is 0 Å². The Morgan fingerprint density at radius 1 is 1.53 bits per heavy atom. The molecule has 0 saturated carbocycles. The minimum absolute atomic E-state index is 0.0293. The van der Waals surface area contributed by atoms with Crippen molar-refractivity contribution in [1.29, 1.82) is 0 Å². The summed E-state index contributed by atoms with van der Waals surface area (Å²) < 4.78 is 7.63. The highest BCUT2D eigenvalue weighted by Gasteiger charge is 2.20. The molecule has 0 saturated heterocycles. The summed E-state index contributed by atoms with van der Waals surface area (Å²) in [5, 5.41) is 2.59. The second-order valence-corrected chi connectivity index (χ2v) is 6.04. The van der Waals surface area contributed by atoms with Gasteiger partial charge in [0.2, 0.25) is 0 Å². The molecule has 2 rings (SSSR count). The van der Waals surface area contributed by atoms with Crippen molar-refractivity contribution in [1.82, 2.24) is 9.55 Å². The van der Waals surface area contributed by atoms with Crippen LogP contribution in [0, 0.1) is 10.7 Å². The van der Waals surface area contributed by atoms with Gasteiger partial charge in [0.25, 0.3) is 5.56 Å². The lowest BCUT2D eigenvalue weighted by Gasteiger charge is -2.23. The first-order chi connectivity index (χ1) is 9.06. The van der Waals surface area contributed by atoms with Crippen LogP contribution in [0.25, 0.3) is 10.2 Å². The highest BCUT2D eigenvalue weighted by atomic mass is 32.1. The van der Waals surface area contributed by atoms with Crippen LogP contribution in [0.4, 0.5) is 0 Å². The standard InChI is InChI=1S/C13H18N2O2S2/c1-4-17-7-10(8(2)3)15-12(16)9-5-6-19-11(9)14-13(15)18/h5-6,8,10H,4,7H2,1-3H3,(H,14,18). The van der Waals surface area contributed by atoms with Crippen LogP contribution in [0.3, 0.4) is 0 Å². The average Bonchev–Trinajstić information content (AvgIpc) is 2.80. The van der Waals surface area contributed by atoms with Gasteiger partial charge in [-0.3, -0.25) is 9.36 Å². The summed E-state index contributed by atoms with van der Waals surface area (Å²) >= 11 is 6.83. The molecule has 0 bridgehead atoms. The normalized spacial score (nSPS) is 13.3. The molecule has 0 aliphatic rings. The van der Waals surface area contributed by atoms with Gasteiger partial charge >= 0.3 is 0 Å². The Bertz CT molecular complexity index is 669. The number of H-pyrrole nitrogens is 1. The van der Waals surface area contributed by atoms with Crippen LogP contribution in [-0.2, 0) is 4.74 Å². The highest BCUT2D eigenvalue weighted by Crippen LogP contribution is 2.20. The minimum Gasteiger partial charge on any atom is -0.380 e. The number of aromatic amines is 1. The van der Waals surface area contributed by atoms with E-state index >= 15 is 0 Å². The van der Waals surface area contributed by atoms with Crippen molar-refractivity contribution in [2.75, 3.05) is 13.2 Å². The second-order valence-electron chi connectivity index (χ2n) is 4.74. The first kappa shape index (κ1) is 14.4. The number of ether oxygens (including phenoxy) is 1. The van der Waals surface area contributed by atoms with Gasteiger partial charge in [-0.1, -0.05) is 13.8 Å². The third-order valence-corrected chi connectivity index (χ3v) is 4.28. The number of thiophene rings is 1. The van der Waals surface area contributed by atoms with Crippen LogP contribution in [0.15, 0.2) is 16.2 Å². The van der Waals surface area contributed by atoms with Gasteiger partial charge in [0, 0.05) is 6.61 Å². The molecule has 2 aromatic rings.